The van der Waals surface area contributed by atoms with Crippen molar-refractivity contribution in [1.29, 1.82) is 0 Å². The van der Waals surface area contributed by atoms with E-state index in [-0.39, 0.29) is 29.4 Å². The summed E-state index contributed by atoms with van der Waals surface area (Å²) in [6.45, 7) is 15.3. The highest BCUT2D eigenvalue weighted by Gasteiger charge is 2.47. The quantitative estimate of drug-likeness (QED) is 0.230. The number of nitrogens with zero attached hydrogens (tertiary/aromatic N) is 4. The number of aryl methyl sites for hydroxylation is 2. The van der Waals surface area contributed by atoms with Crippen LogP contribution in [-0.2, 0) is 0 Å². The second-order valence-electron chi connectivity index (χ2n) is 12.0. The van der Waals surface area contributed by atoms with Gasteiger partial charge < -0.3 is 14.7 Å². The summed E-state index contributed by atoms with van der Waals surface area (Å²) in [7, 11) is 0. The summed E-state index contributed by atoms with van der Waals surface area (Å²) in [5.74, 6) is 0.152. The molecule has 1 aromatic heterocycles. The number of carbonyl (C=O) groups is 2. The third-order valence-corrected chi connectivity index (χ3v) is 9.30. The number of piperidine rings is 1. The zero-order chi connectivity index (χ0) is 28.3. The van der Waals surface area contributed by atoms with Crippen LogP contribution >= 0.6 is 11.6 Å². The van der Waals surface area contributed by atoms with Gasteiger partial charge in [-0.05, 0) is 83.9 Å². The van der Waals surface area contributed by atoms with Gasteiger partial charge in [0, 0.05) is 49.2 Å². The SMILES string of the molecule is CCC(C)(C)N1C[C@@H](c2ccccc2)N(C2CCN(C(C)CCCC(=O)c3c(C)cc(Cl)nc3C)CC2)C1=O. The van der Waals surface area contributed by atoms with E-state index >= 15 is 0 Å². The van der Waals surface area contributed by atoms with Crippen LogP contribution in [0.15, 0.2) is 36.4 Å². The Balaban J connectivity index is 1.34. The van der Waals surface area contributed by atoms with Gasteiger partial charge in [0.1, 0.15) is 5.15 Å². The first kappa shape index (κ1) is 29.5. The molecule has 0 saturated carbocycles. The Morgan fingerprint density at radius 1 is 1.15 bits per heavy atom. The van der Waals surface area contributed by atoms with Crippen LogP contribution in [0, 0.1) is 13.8 Å². The van der Waals surface area contributed by atoms with Crippen LogP contribution in [0.1, 0.15) is 99.4 Å². The molecular formula is C32H45ClN4O2. The molecule has 3 heterocycles. The first-order valence-corrected chi connectivity index (χ1v) is 15.0. The number of likely N-dealkylation sites (tertiary alicyclic amines) is 1. The molecule has 1 unspecified atom stereocenters. The van der Waals surface area contributed by atoms with E-state index in [1.165, 1.54) is 5.56 Å². The predicted octanol–water partition coefficient (Wildman–Crippen LogP) is 7.23. The molecule has 1 aromatic carbocycles. The maximum Gasteiger partial charge on any atom is 0.321 e. The number of aromatic nitrogens is 1. The zero-order valence-electron chi connectivity index (χ0n) is 24.5. The van der Waals surface area contributed by atoms with Gasteiger partial charge >= 0.3 is 6.03 Å². The third kappa shape index (κ3) is 6.49. The van der Waals surface area contributed by atoms with Crippen LogP contribution in [0.2, 0.25) is 5.15 Å². The molecule has 2 saturated heterocycles. The van der Waals surface area contributed by atoms with Crippen LogP contribution < -0.4 is 0 Å². The molecule has 212 valence electrons. The van der Waals surface area contributed by atoms with E-state index in [0.29, 0.717) is 23.3 Å². The first-order valence-electron chi connectivity index (χ1n) is 14.6. The largest absolute Gasteiger partial charge is 0.321 e. The van der Waals surface area contributed by atoms with E-state index in [2.05, 4.69) is 71.6 Å². The van der Waals surface area contributed by atoms with E-state index in [0.717, 1.165) is 62.9 Å². The topological polar surface area (TPSA) is 56.8 Å². The van der Waals surface area contributed by atoms with Crippen LogP contribution in [0.4, 0.5) is 4.79 Å². The Bertz CT molecular complexity index is 1140. The van der Waals surface area contributed by atoms with Crippen molar-refractivity contribution in [3.8, 4) is 0 Å². The van der Waals surface area contributed by atoms with E-state index < -0.39 is 0 Å². The zero-order valence-corrected chi connectivity index (χ0v) is 25.3. The predicted molar refractivity (Wildman–Crippen MR) is 158 cm³/mol. The van der Waals surface area contributed by atoms with E-state index in [4.69, 9.17) is 11.6 Å². The molecule has 0 bridgehead atoms. The van der Waals surface area contributed by atoms with Gasteiger partial charge in [-0.1, -0.05) is 48.9 Å². The van der Waals surface area contributed by atoms with Gasteiger partial charge in [-0.15, -0.1) is 0 Å². The summed E-state index contributed by atoms with van der Waals surface area (Å²) in [5.41, 5.74) is 3.40. The van der Waals surface area contributed by atoms with E-state index in [1.54, 1.807) is 6.07 Å². The smallest absolute Gasteiger partial charge is 0.317 e. The fourth-order valence-electron chi connectivity index (χ4n) is 6.34. The van der Waals surface area contributed by atoms with Crippen molar-refractivity contribution in [2.75, 3.05) is 19.6 Å². The molecule has 2 atom stereocenters. The molecule has 0 aliphatic carbocycles. The summed E-state index contributed by atoms with van der Waals surface area (Å²) >= 11 is 6.04. The lowest BCUT2D eigenvalue weighted by Gasteiger charge is -2.41. The lowest BCUT2D eigenvalue weighted by molar-refractivity contribution is 0.0865. The number of benzene rings is 1. The Kier molecular flexibility index (Phi) is 9.38. The maximum absolute atomic E-state index is 13.8. The van der Waals surface area contributed by atoms with Gasteiger partial charge in [0.25, 0.3) is 0 Å². The highest BCUT2D eigenvalue weighted by Crippen LogP contribution is 2.38. The van der Waals surface area contributed by atoms with Crippen molar-refractivity contribution >= 4 is 23.4 Å². The summed E-state index contributed by atoms with van der Waals surface area (Å²) < 4.78 is 0. The number of amides is 2. The third-order valence-electron chi connectivity index (χ3n) is 9.11. The molecule has 4 rings (SSSR count). The molecule has 0 radical (unpaired) electrons. The molecule has 2 aliphatic heterocycles. The molecular weight excluding hydrogens is 508 g/mol. The number of ketones is 1. The Morgan fingerprint density at radius 3 is 2.44 bits per heavy atom. The van der Waals surface area contributed by atoms with Crippen LogP contribution in [0.25, 0.3) is 0 Å². The van der Waals surface area contributed by atoms with Gasteiger partial charge in [0.2, 0.25) is 0 Å². The average molecular weight is 553 g/mol. The minimum Gasteiger partial charge on any atom is -0.317 e. The van der Waals surface area contributed by atoms with Crippen LogP contribution in [-0.4, -0.2) is 68.8 Å². The van der Waals surface area contributed by atoms with Gasteiger partial charge in [-0.2, -0.15) is 0 Å². The number of urea groups is 1. The lowest BCUT2D eigenvalue weighted by Crippen LogP contribution is -2.51. The average Bonchev–Trinajstić information content (AvgIpc) is 3.26. The highest BCUT2D eigenvalue weighted by atomic mass is 35.5. The molecule has 0 spiro atoms. The second-order valence-corrected chi connectivity index (χ2v) is 12.4. The standard InChI is InChI=1S/C32H45ClN4O2/c1-7-32(5,6)36-21-27(25-13-9-8-10-14-25)37(31(36)39)26-16-18-35(19-17-26)23(3)12-11-15-28(38)30-22(2)20-29(33)34-24(30)4/h8-10,13-14,20,23,26-27H,7,11-12,15-19,21H2,1-6H3/t23?,27-/m0/s1. The maximum atomic E-state index is 13.8. The van der Waals surface area contributed by atoms with Crippen molar-refractivity contribution in [2.24, 2.45) is 0 Å². The summed E-state index contributed by atoms with van der Waals surface area (Å²) in [6, 6.07) is 13.2. The number of Topliss-reactive ketones (excluding diaryl/α,β-unsaturated/α-hetero) is 1. The molecule has 7 heteroatoms. The Labute approximate surface area is 239 Å². The number of pyridine rings is 1. The Morgan fingerprint density at radius 2 is 1.82 bits per heavy atom. The molecule has 6 nitrogen and oxygen atoms in total. The second kappa shape index (κ2) is 12.4. The van der Waals surface area contributed by atoms with Crippen molar-refractivity contribution < 1.29 is 9.59 Å². The van der Waals surface area contributed by atoms with Crippen LogP contribution in [0.3, 0.4) is 0 Å². The number of rotatable bonds is 10. The van der Waals surface area contributed by atoms with Crippen molar-refractivity contribution in [3.63, 3.8) is 0 Å². The first-order chi connectivity index (χ1) is 18.5. The summed E-state index contributed by atoms with van der Waals surface area (Å²) in [6.07, 6.45) is 5.24. The minimum atomic E-state index is -0.162. The van der Waals surface area contributed by atoms with E-state index in [1.807, 2.05) is 19.9 Å². The van der Waals surface area contributed by atoms with Gasteiger partial charge in [0.15, 0.2) is 5.78 Å². The van der Waals surface area contributed by atoms with Gasteiger partial charge in [-0.3, -0.25) is 4.79 Å². The summed E-state index contributed by atoms with van der Waals surface area (Å²) in [4.78, 5) is 37.8. The van der Waals surface area contributed by atoms with Crippen molar-refractivity contribution in [2.45, 2.75) is 104 Å². The van der Waals surface area contributed by atoms with Crippen LogP contribution in [0.5, 0.6) is 0 Å². The number of carbonyl (C=O) groups excluding carboxylic acids is 2. The fourth-order valence-corrected chi connectivity index (χ4v) is 6.63. The van der Waals surface area contributed by atoms with Crippen molar-refractivity contribution in [3.05, 3.63) is 63.9 Å². The number of hydrogen-bond acceptors (Lipinski definition) is 4. The number of halogens is 1. The molecule has 2 aromatic rings. The monoisotopic (exact) mass is 552 g/mol. The fraction of sp³-hybridized carbons (Fsp3) is 0.594. The highest BCUT2D eigenvalue weighted by molar-refractivity contribution is 6.29. The van der Waals surface area contributed by atoms with Crippen molar-refractivity contribution in [1.82, 2.24) is 19.7 Å². The molecule has 39 heavy (non-hydrogen) atoms. The normalized spacial score (nSPS) is 20.1. The van der Waals surface area contributed by atoms with Gasteiger partial charge in [0.05, 0.1) is 11.7 Å². The lowest BCUT2D eigenvalue weighted by atomic mass is 9.96. The molecule has 2 fully saturated rings. The summed E-state index contributed by atoms with van der Waals surface area (Å²) in [5, 5.41) is 0.436. The minimum absolute atomic E-state index is 0.0961. The van der Waals surface area contributed by atoms with E-state index in [9.17, 15) is 9.59 Å². The van der Waals surface area contributed by atoms with Gasteiger partial charge in [-0.25, -0.2) is 9.78 Å². The Hall–Kier alpha value is -2.44. The molecule has 2 amide bonds. The molecule has 0 N–H and O–H groups in total. The molecule has 2 aliphatic rings. The number of hydrogen-bond donors (Lipinski definition) is 0.